The third-order valence-electron chi connectivity index (χ3n) is 8.45. The lowest BCUT2D eigenvalue weighted by molar-refractivity contribution is 0.766. The summed E-state index contributed by atoms with van der Waals surface area (Å²) in [5.74, 6) is 0.999. The van der Waals surface area contributed by atoms with E-state index >= 15 is 0 Å². The Labute approximate surface area is 211 Å². The van der Waals surface area contributed by atoms with Crippen molar-refractivity contribution in [1.29, 1.82) is 0 Å². The van der Waals surface area contributed by atoms with Crippen LogP contribution >= 0.6 is 0 Å². The van der Waals surface area contributed by atoms with Crippen molar-refractivity contribution in [3.8, 4) is 22.3 Å². The van der Waals surface area contributed by atoms with E-state index in [-0.39, 0.29) is 5.41 Å². The third-order valence-corrected chi connectivity index (χ3v) is 8.45. The molecule has 35 heavy (non-hydrogen) atoms. The van der Waals surface area contributed by atoms with Crippen LogP contribution in [0.5, 0.6) is 0 Å². The molecule has 0 nitrogen and oxygen atoms in total. The molecular weight excluding hydrogens is 420 g/mol. The van der Waals surface area contributed by atoms with Gasteiger partial charge in [-0.25, -0.2) is 0 Å². The summed E-state index contributed by atoms with van der Waals surface area (Å²) in [6, 6.07) is 31.1. The molecule has 0 fully saturated rings. The molecule has 0 aromatic heterocycles. The zero-order chi connectivity index (χ0) is 24.3. The molecule has 0 saturated heterocycles. The normalized spacial score (nSPS) is 14.4. The van der Waals surface area contributed by atoms with Crippen LogP contribution in [0.25, 0.3) is 22.3 Å². The molecular formula is C35H36. The predicted octanol–water partition coefficient (Wildman–Crippen LogP) is 9.62. The Hall–Kier alpha value is -3.12. The molecule has 0 bridgehead atoms. The van der Waals surface area contributed by atoms with Gasteiger partial charge in [-0.1, -0.05) is 120 Å². The van der Waals surface area contributed by atoms with Crippen LogP contribution in [0.1, 0.15) is 98.2 Å². The Morgan fingerprint density at radius 2 is 1.09 bits per heavy atom. The molecule has 0 amide bonds. The van der Waals surface area contributed by atoms with E-state index in [2.05, 4.69) is 113 Å². The van der Waals surface area contributed by atoms with Gasteiger partial charge in [0.2, 0.25) is 0 Å². The van der Waals surface area contributed by atoms with E-state index in [0.29, 0.717) is 11.8 Å². The predicted molar refractivity (Wildman–Crippen MR) is 150 cm³/mol. The Balaban J connectivity index is 1.75. The summed E-state index contributed by atoms with van der Waals surface area (Å²) in [5, 5.41) is 0. The van der Waals surface area contributed by atoms with E-state index in [1.807, 2.05) is 0 Å². The van der Waals surface area contributed by atoms with Crippen LogP contribution < -0.4 is 0 Å². The zero-order valence-electron chi connectivity index (χ0n) is 21.8. The number of fused-ring (bicyclic) bond motifs is 10. The van der Waals surface area contributed by atoms with Crippen LogP contribution in [-0.2, 0) is 11.8 Å². The van der Waals surface area contributed by atoms with Crippen LogP contribution in [0.15, 0.2) is 78.9 Å². The third kappa shape index (κ3) is 3.12. The first-order valence-corrected chi connectivity index (χ1v) is 13.5. The molecule has 0 saturated carbocycles. The van der Waals surface area contributed by atoms with Crippen molar-refractivity contribution in [3.63, 3.8) is 0 Å². The van der Waals surface area contributed by atoms with Crippen LogP contribution in [0.4, 0.5) is 0 Å². The van der Waals surface area contributed by atoms with Crippen molar-refractivity contribution in [2.75, 3.05) is 0 Å². The number of rotatable bonds is 5. The van der Waals surface area contributed by atoms with Crippen LogP contribution in [0.3, 0.4) is 0 Å². The maximum atomic E-state index is 2.55. The molecule has 0 heteroatoms. The number of hydrogen-bond acceptors (Lipinski definition) is 0. The number of benzene rings is 4. The SMILES string of the molecule is CCCCc1ccc2c(c1)C1(c3ccccc3-2)c2cc(C(C)C)ccc2-c2ccc(C(C)C)cc21. The summed E-state index contributed by atoms with van der Waals surface area (Å²) >= 11 is 0. The van der Waals surface area contributed by atoms with E-state index in [1.54, 1.807) is 0 Å². The summed E-state index contributed by atoms with van der Waals surface area (Å²) in [6.45, 7) is 11.5. The molecule has 4 aromatic rings. The lowest BCUT2D eigenvalue weighted by atomic mass is 9.69. The molecule has 0 aliphatic heterocycles. The van der Waals surface area contributed by atoms with Crippen LogP contribution in [0, 0.1) is 0 Å². The molecule has 4 aromatic carbocycles. The molecule has 0 unspecified atom stereocenters. The summed E-state index contributed by atoms with van der Waals surface area (Å²) in [5.41, 5.74) is 15.6. The fourth-order valence-electron chi connectivity index (χ4n) is 6.52. The maximum absolute atomic E-state index is 2.55. The van der Waals surface area contributed by atoms with Crippen molar-refractivity contribution in [2.24, 2.45) is 0 Å². The highest BCUT2D eigenvalue weighted by Crippen LogP contribution is 2.63. The minimum absolute atomic E-state index is 0.241. The van der Waals surface area contributed by atoms with Gasteiger partial charge in [-0.2, -0.15) is 0 Å². The van der Waals surface area contributed by atoms with Crippen LogP contribution in [0.2, 0.25) is 0 Å². The highest BCUT2D eigenvalue weighted by atomic mass is 14.5. The van der Waals surface area contributed by atoms with Gasteiger partial charge in [-0.05, 0) is 85.9 Å². The Morgan fingerprint density at radius 1 is 0.571 bits per heavy atom. The van der Waals surface area contributed by atoms with Gasteiger partial charge in [0.25, 0.3) is 0 Å². The highest BCUT2D eigenvalue weighted by molar-refractivity contribution is 5.95. The van der Waals surface area contributed by atoms with E-state index < -0.39 is 0 Å². The molecule has 176 valence electrons. The van der Waals surface area contributed by atoms with E-state index in [0.717, 1.165) is 6.42 Å². The number of unbranched alkanes of at least 4 members (excludes halogenated alkanes) is 1. The largest absolute Gasteiger partial charge is 0.0725 e. The lowest BCUT2D eigenvalue weighted by Crippen LogP contribution is -2.26. The molecule has 6 rings (SSSR count). The van der Waals surface area contributed by atoms with Gasteiger partial charge < -0.3 is 0 Å². The molecule has 0 N–H and O–H groups in total. The van der Waals surface area contributed by atoms with E-state index in [9.17, 15) is 0 Å². The minimum Gasteiger partial charge on any atom is -0.0654 e. The average Bonchev–Trinajstić information content (AvgIpc) is 3.33. The first kappa shape index (κ1) is 22.4. The number of hydrogen-bond donors (Lipinski definition) is 0. The standard InChI is InChI=1S/C35H36/c1-6-7-10-24-13-16-28-27-11-8-9-12-31(27)35(32(28)19-24)33-20-25(22(2)3)14-17-29(33)30-18-15-26(23(4)5)21-34(30)35/h8-9,11-23H,6-7,10H2,1-5H3. The van der Waals surface area contributed by atoms with Gasteiger partial charge in [0.15, 0.2) is 0 Å². The van der Waals surface area contributed by atoms with Gasteiger partial charge in [0, 0.05) is 0 Å². The fourth-order valence-corrected chi connectivity index (χ4v) is 6.52. The van der Waals surface area contributed by atoms with E-state index in [4.69, 9.17) is 0 Å². The Kier molecular flexibility index (Phi) is 5.26. The van der Waals surface area contributed by atoms with Crippen molar-refractivity contribution in [2.45, 2.75) is 71.1 Å². The topological polar surface area (TPSA) is 0 Å². The first-order chi connectivity index (χ1) is 17.0. The van der Waals surface area contributed by atoms with Gasteiger partial charge in [-0.15, -0.1) is 0 Å². The monoisotopic (exact) mass is 456 g/mol. The minimum atomic E-state index is -0.241. The van der Waals surface area contributed by atoms with E-state index in [1.165, 1.54) is 74.0 Å². The molecule has 0 atom stereocenters. The molecule has 1 spiro atoms. The van der Waals surface area contributed by atoms with Crippen molar-refractivity contribution in [3.05, 3.63) is 118 Å². The van der Waals surface area contributed by atoms with Gasteiger partial charge in [-0.3, -0.25) is 0 Å². The highest BCUT2D eigenvalue weighted by Gasteiger charge is 2.51. The van der Waals surface area contributed by atoms with Gasteiger partial charge in [0.1, 0.15) is 0 Å². The van der Waals surface area contributed by atoms with Crippen LogP contribution in [-0.4, -0.2) is 0 Å². The number of aryl methyl sites for hydroxylation is 1. The zero-order valence-corrected chi connectivity index (χ0v) is 21.8. The molecule has 2 aliphatic carbocycles. The van der Waals surface area contributed by atoms with Gasteiger partial charge >= 0.3 is 0 Å². The van der Waals surface area contributed by atoms with Crippen molar-refractivity contribution in [1.82, 2.24) is 0 Å². The molecule has 2 aliphatic rings. The second-order valence-corrected chi connectivity index (χ2v) is 11.2. The molecule has 0 radical (unpaired) electrons. The average molecular weight is 457 g/mol. The Morgan fingerprint density at radius 3 is 1.66 bits per heavy atom. The fraction of sp³-hybridized carbons (Fsp3) is 0.314. The second kappa shape index (κ2) is 8.23. The Bertz CT molecular complexity index is 1380. The van der Waals surface area contributed by atoms with Crippen molar-refractivity contribution >= 4 is 0 Å². The quantitative estimate of drug-likeness (QED) is 0.242. The maximum Gasteiger partial charge on any atom is 0.0725 e. The van der Waals surface area contributed by atoms with Gasteiger partial charge in [0.05, 0.1) is 5.41 Å². The lowest BCUT2D eigenvalue weighted by Gasteiger charge is -2.31. The second-order valence-electron chi connectivity index (χ2n) is 11.2. The summed E-state index contributed by atoms with van der Waals surface area (Å²) in [4.78, 5) is 0. The smallest absolute Gasteiger partial charge is 0.0654 e. The summed E-state index contributed by atoms with van der Waals surface area (Å²) < 4.78 is 0. The van der Waals surface area contributed by atoms with Crippen molar-refractivity contribution < 1.29 is 0 Å². The molecule has 0 heterocycles. The summed E-state index contributed by atoms with van der Waals surface area (Å²) in [7, 11) is 0. The summed E-state index contributed by atoms with van der Waals surface area (Å²) in [6.07, 6.45) is 3.61. The first-order valence-electron chi connectivity index (χ1n) is 13.5.